The van der Waals surface area contributed by atoms with Gasteiger partial charge in [-0.1, -0.05) is 12.1 Å². The van der Waals surface area contributed by atoms with E-state index in [-0.39, 0.29) is 0 Å². The third kappa shape index (κ3) is 5.19. The second kappa shape index (κ2) is 9.55. The Morgan fingerprint density at radius 3 is 2.81 bits per heavy atom. The zero-order chi connectivity index (χ0) is 18.2. The third-order valence-electron chi connectivity index (χ3n) is 4.53. The van der Waals surface area contributed by atoms with E-state index in [1.54, 1.807) is 7.11 Å². The Bertz CT molecular complexity index is 672. The van der Waals surface area contributed by atoms with Gasteiger partial charge >= 0.3 is 0 Å². The van der Waals surface area contributed by atoms with Crippen LogP contribution in [-0.2, 0) is 17.8 Å². The molecule has 0 radical (unpaired) electrons. The molecular weight excluding hydrogens is 328 g/mol. The van der Waals surface area contributed by atoms with Crippen LogP contribution in [-0.4, -0.2) is 42.9 Å². The lowest BCUT2D eigenvalue weighted by Crippen LogP contribution is -2.31. The number of ether oxygens (including phenoxy) is 3. The summed E-state index contributed by atoms with van der Waals surface area (Å²) < 4.78 is 17.0. The zero-order valence-corrected chi connectivity index (χ0v) is 15.7. The third-order valence-corrected chi connectivity index (χ3v) is 4.53. The van der Waals surface area contributed by atoms with Gasteiger partial charge in [0.15, 0.2) is 11.5 Å². The maximum Gasteiger partial charge on any atom is 0.161 e. The van der Waals surface area contributed by atoms with Crippen LogP contribution >= 0.6 is 0 Å². The van der Waals surface area contributed by atoms with E-state index in [2.05, 4.69) is 28.1 Å². The molecule has 1 aromatic carbocycles. The molecule has 3 rings (SSSR count). The van der Waals surface area contributed by atoms with Crippen molar-refractivity contribution in [3.63, 3.8) is 0 Å². The number of aromatic nitrogens is 1. The normalized spacial score (nSPS) is 16.8. The quantitative estimate of drug-likeness (QED) is 0.686. The van der Waals surface area contributed by atoms with Crippen LogP contribution in [0.4, 0.5) is 0 Å². The minimum Gasteiger partial charge on any atom is -0.493 e. The van der Waals surface area contributed by atoms with Crippen LogP contribution in [0.15, 0.2) is 42.6 Å². The Morgan fingerprint density at radius 1 is 1.19 bits per heavy atom. The van der Waals surface area contributed by atoms with Crippen molar-refractivity contribution < 1.29 is 14.2 Å². The van der Waals surface area contributed by atoms with Crippen molar-refractivity contribution in [3.05, 3.63) is 53.9 Å². The van der Waals surface area contributed by atoms with Crippen LogP contribution in [0.5, 0.6) is 11.5 Å². The van der Waals surface area contributed by atoms with Gasteiger partial charge in [-0.2, -0.15) is 0 Å². The van der Waals surface area contributed by atoms with Crippen molar-refractivity contribution in [1.29, 1.82) is 0 Å². The van der Waals surface area contributed by atoms with Crippen molar-refractivity contribution >= 4 is 0 Å². The highest BCUT2D eigenvalue weighted by Gasteiger charge is 2.20. The highest BCUT2D eigenvalue weighted by atomic mass is 16.5. The summed E-state index contributed by atoms with van der Waals surface area (Å²) in [7, 11) is 1.68. The SMILES string of the molecule is CCOc1ccc(CN(Cc2ccccn2)C[C@@H]2CCCO2)cc1OC. The van der Waals surface area contributed by atoms with Crippen LogP contribution < -0.4 is 9.47 Å². The fraction of sp³-hybridized carbons (Fsp3) is 0.476. The molecule has 26 heavy (non-hydrogen) atoms. The predicted octanol–water partition coefficient (Wildman–Crippen LogP) is 3.67. The molecule has 0 saturated carbocycles. The smallest absolute Gasteiger partial charge is 0.161 e. The molecule has 2 heterocycles. The first-order valence-electron chi connectivity index (χ1n) is 9.32. The van der Waals surface area contributed by atoms with E-state index < -0.39 is 0 Å². The zero-order valence-electron chi connectivity index (χ0n) is 15.7. The van der Waals surface area contributed by atoms with Gasteiger partial charge in [0, 0.05) is 32.4 Å². The number of hydrogen-bond acceptors (Lipinski definition) is 5. The number of benzene rings is 1. The summed E-state index contributed by atoms with van der Waals surface area (Å²) in [5.74, 6) is 1.56. The summed E-state index contributed by atoms with van der Waals surface area (Å²) in [6.07, 6.45) is 4.44. The van der Waals surface area contributed by atoms with Crippen LogP contribution in [0.1, 0.15) is 31.0 Å². The lowest BCUT2D eigenvalue weighted by molar-refractivity contribution is 0.0674. The number of rotatable bonds is 9. The van der Waals surface area contributed by atoms with E-state index in [1.165, 1.54) is 5.56 Å². The largest absolute Gasteiger partial charge is 0.493 e. The van der Waals surface area contributed by atoms with Gasteiger partial charge in [-0.15, -0.1) is 0 Å². The summed E-state index contributed by atoms with van der Waals surface area (Å²) in [4.78, 5) is 6.88. The van der Waals surface area contributed by atoms with Crippen molar-refractivity contribution in [3.8, 4) is 11.5 Å². The summed E-state index contributed by atoms with van der Waals surface area (Å²) in [6.45, 7) is 6.00. The molecular formula is C21H28N2O3. The van der Waals surface area contributed by atoms with Crippen molar-refractivity contribution in [1.82, 2.24) is 9.88 Å². The maximum atomic E-state index is 5.85. The van der Waals surface area contributed by atoms with E-state index in [9.17, 15) is 0 Å². The molecule has 0 bridgehead atoms. The second-order valence-electron chi connectivity index (χ2n) is 6.54. The fourth-order valence-corrected chi connectivity index (χ4v) is 3.33. The molecule has 0 unspecified atom stereocenters. The van der Waals surface area contributed by atoms with Gasteiger partial charge in [0.2, 0.25) is 0 Å². The summed E-state index contributed by atoms with van der Waals surface area (Å²) in [5, 5.41) is 0. The minimum atomic E-state index is 0.309. The highest BCUT2D eigenvalue weighted by molar-refractivity contribution is 5.43. The first kappa shape index (κ1) is 18.7. The van der Waals surface area contributed by atoms with Crippen LogP contribution in [0.2, 0.25) is 0 Å². The van der Waals surface area contributed by atoms with Crippen LogP contribution in [0, 0.1) is 0 Å². The van der Waals surface area contributed by atoms with Crippen molar-refractivity contribution in [2.24, 2.45) is 0 Å². The number of hydrogen-bond donors (Lipinski definition) is 0. The van der Waals surface area contributed by atoms with E-state index in [4.69, 9.17) is 14.2 Å². The lowest BCUT2D eigenvalue weighted by Gasteiger charge is -2.25. The summed E-state index contributed by atoms with van der Waals surface area (Å²) in [6, 6.07) is 12.2. The summed E-state index contributed by atoms with van der Waals surface area (Å²) >= 11 is 0. The first-order valence-corrected chi connectivity index (χ1v) is 9.32. The maximum absolute atomic E-state index is 5.85. The average molecular weight is 356 g/mol. The van der Waals surface area contributed by atoms with Crippen LogP contribution in [0.3, 0.4) is 0 Å². The van der Waals surface area contributed by atoms with Gasteiger partial charge in [-0.05, 0) is 49.6 Å². The molecule has 2 aromatic rings. The molecule has 5 heteroatoms. The molecule has 1 aliphatic heterocycles. The Hall–Kier alpha value is -2.11. The first-order chi connectivity index (χ1) is 12.8. The molecule has 1 atom stereocenters. The topological polar surface area (TPSA) is 43.8 Å². The minimum absolute atomic E-state index is 0.309. The molecule has 0 N–H and O–H groups in total. The Balaban J connectivity index is 1.73. The van der Waals surface area contributed by atoms with E-state index in [0.29, 0.717) is 12.7 Å². The van der Waals surface area contributed by atoms with E-state index in [1.807, 2.05) is 31.3 Å². The number of nitrogens with zero attached hydrogens (tertiary/aromatic N) is 2. The van der Waals surface area contributed by atoms with Crippen LogP contribution in [0.25, 0.3) is 0 Å². The molecule has 1 aromatic heterocycles. The Morgan fingerprint density at radius 2 is 2.12 bits per heavy atom. The van der Waals surface area contributed by atoms with Gasteiger partial charge in [0.1, 0.15) is 0 Å². The lowest BCUT2D eigenvalue weighted by atomic mass is 10.1. The highest BCUT2D eigenvalue weighted by Crippen LogP contribution is 2.29. The van der Waals surface area contributed by atoms with Gasteiger partial charge in [0.25, 0.3) is 0 Å². The van der Waals surface area contributed by atoms with Gasteiger partial charge < -0.3 is 14.2 Å². The predicted molar refractivity (Wildman–Crippen MR) is 101 cm³/mol. The molecule has 5 nitrogen and oxygen atoms in total. The molecule has 0 aliphatic carbocycles. The van der Waals surface area contributed by atoms with E-state index in [0.717, 1.165) is 56.3 Å². The fourth-order valence-electron chi connectivity index (χ4n) is 3.33. The van der Waals surface area contributed by atoms with Gasteiger partial charge in [-0.3, -0.25) is 9.88 Å². The van der Waals surface area contributed by atoms with Crippen molar-refractivity contribution in [2.75, 3.05) is 26.9 Å². The molecule has 140 valence electrons. The van der Waals surface area contributed by atoms with Gasteiger partial charge in [-0.25, -0.2) is 0 Å². The average Bonchev–Trinajstić information content (AvgIpc) is 3.17. The van der Waals surface area contributed by atoms with E-state index >= 15 is 0 Å². The molecule has 1 fully saturated rings. The standard InChI is InChI=1S/C21H28N2O3/c1-3-25-20-10-9-17(13-21(20)24-2)14-23(16-19-8-6-12-26-19)15-18-7-4-5-11-22-18/h4-5,7,9-11,13,19H,3,6,8,12,14-16H2,1-2H3/t19-/m0/s1. The van der Waals surface area contributed by atoms with Gasteiger partial charge in [0.05, 0.1) is 25.5 Å². The Labute approximate surface area is 155 Å². The molecule has 0 spiro atoms. The second-order valence-corrected chi connectivity index (χ2v) is 6.54. The van der Waals surface area contributed by atoms with Crippen molar-refractivity contribution in [2.45, 2.75) is 39.0 Å². The molecule has 0 amide bonds. The number of methoxy groups -OCH3 is 1. The summed E-state index contributed by atoms with van der Waals surface area (Å²) in [5.41, 5.74) is 2.27. The number of pyridine rings is 1. The Kier molecular flexibility index (Phi) is 6.86. The monoisotopic (exact) mass is 356 g/mol. The molecule has 1 saturated heterocycles. The molecule has 1 aliphatic rings.